The molecule has 0 radical (unpaired) electrons. The first-order valence-corrected chi connectivity index (χ1v) is 13.7. The highest BCUT2D eigenvalue weighted by Gasteiger charge is 2.38. The van der Waals surface area contributed by atoms with E-state index in [-0.39, 0.29) is 26.5 Å². The number of aromatic nitrogens is 3. The number of Topliss-reactive ketones (excluding diaryl/α,β-unsaturated/α-hetero) is 1. The molecule has 0 bridgehead atoms. The highest BCUT2D eigenvalue weighted by Crippen LogP contribution is 2.36. The molecular weight excluding hydrogens is 498 g/mol. The fraction of sp³-hybridized carbons (Fsp3) is 0.303. The van der Waals surface area contributed by atoms with E-state index < -0.39 is 0 Å². The third kappa shape index (κ3) is 5.64. The van der Waals surface area contributed by atoms with Gasteiger partial charge in [-0.2, -0.15) is 0 Å². The first-order valence-electron chi connectivity index (χ1n) is 13.7. The number of pyridine rings is 1. The number of nitrogens with zero attached hydrogens (tertiary/aromatic N) is 4. The minimum Gasteiger partial charge on any atom is -0.346 e. The molecule has 3 heterocycles. The fourth-order valence-corrected chi connectivity index (χ4v) is 5.70. The lowest BCUT2D eigenvalue weighted by atomic mass is 9.99. The van der Waals surface area contributed by atoms with Crippen molar-refractivity contribution in [1.82, 2.24) is 15.0 Å². The van der Waals surface area contributed by atoms with E-state index in [9.17, 15) is 9.59 Å². The van der Waals surface area contributed by atoms with Crippen LogP contribution in [0.2, 0.25) is 0 Å². The SMILES string of the molecule is CC(=O)[C@@H]1C[C@H](CC(=O)Nc2cnc(-c3ccccc3)c(C)c2)CN1c1nc(C)nc(-c2ccccc2C)c1C.[HH].[HH]. The van der Waals surface area contributed by atoms with Crippen LogP contribution in [0.3, 0.4) is 0 Å². The maximum atomic E-state index is 13.1. The van der Waals surface area contributed by atoms with Gasteiger partial charge in [0.1, 0.15) is 11.6 Å². The van der Waals surface area contributed by atoms with Gasteiger partial charge in [-0.15, -0.1) is 0 Å². The van der Waals surface area contributed by atoms with E-state index >= 15 is 0 Å². The number of nitrogens with one attached hydrogen (secondary N) is 1. The van der Waals surface area contributed by atoms with E-state index in [0.717, 1.165) is 45.0 Å². The van der Waals surface area contributed by atoms with Crippen LogP contribution in [-0.4, -0.2) is 39.2 Å². The van der Waals surface area contributed by atoms with Crippen LogP contribution in [0.1, 0.15) is 45.1 Å². The first-order chi connectivity index (χ1) is 19.2. The Morgan fingerprint density at radius 2 is 1.68 bits per heavy atom. The molecule has 2 atom stereocenters. The number of anilines is 2. The molecule has 2 aromatic heterocycles. The lowest BCUT2D eigenvalue weighted by molar-refractivity contribution is -0.119. The Labute approximate surface area is 238 Å². The molecular formula is C33H39N5O2. The summed E-state index contributed by atoms with van der Waals surface area (Å²) in [6.45, 7) is 10.2. The normalized spacial score (nSPS) is 16.7. The summed E-state index contributed by atoms with van der Waals surface area (Å²) in [5.41, 5.74) is 7.62. The van der Waals surface area contributed by atoms with Crippen molar-refractivity contribution in [3.8, 4) is 22.5 Å². The number of carbonyl (C=O) groups is 2. The van der Waals surface area contributed by atoms with Crippen molar-refractivity contribution in [3.63, 3.8) is 0 Å². The number of ketones is 1. The molecule has 1 amide bonds. The molecule has 7 nitrogen and oxygen atoms in total. The van der Waals surface area contributed by atoms with Gasteiger partial charge in [0.15, 0.2) is 5.78 Å². The van der Waals surface area contributed by atoms with Gasteiger partial charge in [0.05, 0.1) is 29.3 Å². The minimum atomic E-state index is -0.329. The second kappa shape index (κ2) is 11.4. The Bertz CT molecular complexity index is 1580. The predicted molar refractivity (Wildman–Crippen MR) is 163 cm³/mol. The van der Waals surface area contributed by atoms with Crippen LogP contribution in [0.15, 0.2) is 66.9 Å². The van der Waals surface area contributed by atoms with E-state index in [2.05, 4.69) is 34.3 Å². The van der Waals surface area contributed by atoms with Crippen molar-refractivity contribution in [2.75, 3.05) is 16.8 Å². The first kappa shape index (κ1) is 27.2. The van der Waals surface area contributed by atoms with Crippen molar-refractivity contribution in [2.45, 2.75) is 53.5 Å². The van der Waals surface area contributed by atoms with Gasteiger partial charge in [-0.25, -0.2) is 9.97 Å². The maximum absolute atomic E-state index is 13.1. The smallest absolute Gasteiger partial charge is 0.224 e. The number of carbonyl (C=O) groups excluding carboxylic acids is 2. The van der Waals surface area contributed by atoms with E-state index in [1.165, 1.54) is 0 Å². The summed E-state index contributed by atoms with van der Waals surface area (Å²) in [5.74, 6) is 1.43. The third-order valence-electron chi connectivity index (χ3n) is 7.64. The third-order valence-corrected chi connectivity index (χ3v) is 7.64. The van der Waals surface area contributed by atoms with Crippen LogP contribution in [0.5, 0.6) is 0 Å². The zero-order valence-electron chi connectivity index (χ0n) is 23.7. The number of rotatable bonds is 7. The molecule has 0 spiro atoms. The standard InChI is InChI=1S/C33H35N5O2.2H2/c1-20-11-9-10-14-28(20)32-22(3)33(36-24(5)35-32)38-19-25(16-29(38)23(4)39)17-30(40)37-27-15-21(2)31(34-18-27)26-12-7-6-8-13-26;;/h6-15,18,25,29H,16-17,19H2,1-5H3,(H,37,40);2*1H/t25-,29+;;/m1../s1. The highest BCUT2D eigenvalue weighted by atomic mass is 16.1. The predicted octanol–water partition coefficient (Wildman–Crippen LogP) is 6.74. The lowest BCUT2D eigenvalue weighted by Gasteiger charge is -2.26. The maximum Gasteiger partial charge on any atom is 0.224 e. The van der Waals surface area contributed by atoms with Crippen LogP contribution in [0.25, 0.3) is 22.5 Å². The second-order valence-electron chi connectivity index (χ2n) is 10.8. The molecule has 2 aromatic carbocycles. The Balaban J connectivity index is 0.00000242. The van der Waals surface area contributed by atoms with Crippen molar-refractivity contribution in [3.05, 3.63) is 89.4 Å². The number of hydrogen-bond acceptors (Lipinski definition) is 6. The van der Waals surface area contributed by atoms with Crippen molar-refractivity contribution in [2.24, 2.45) is 5.92 Å². The molecule has 1 aliphatic rings. The van der Waals surface area contributed by atoms with E-state index in [0.29, 0.717) is 30.9 Å². The van der Waals surface area contributed by atoms with Gasteiger partial charge in [-0.05, 0) is 64.2 Å². The topological polar surface area (TPSA) is 88.1 Å². The van der Waals surface area contributed by atoms with Gasteiger partial charge in [0.25, 0.3) is 0 Å². The summed E-state index contributed by atoms with van der Waals surface area (Å²) >= 11 is 0. The molecule has 208 valence electrons. The van der Waals surface area contributed by atoms with Crippen LogP contribution < -0.4 is 10.2 Å². The molecule has 7 heteroatoms. The Kier molecular flexibility index (Phi) is 7.74. The van der Waals surface area contributed by atoms with Gasteiger partial charge >= 0.3 is 0 Å². The molecule has 1 saturated heterocycles. The van der Waals surface area contributed by atoms with E-state index in [1.807, 2.05) is 69.3 Å². The summed E-state index contributed by atoms with van der Waals surface area (Å²) in [7, 11) is 0. The molecule has 1 aliphatic heterocycles. The summed E-state index contributed by atoms with van der Waals surface area (Å²) in [4.78, 5) is 42.0. The zero-order valence-corrected chi connectivity index (χ0v) is 23.7. The molecule has 0 unspecified atom stereocenters. The number of benzene rings is 2. The molecule has 1 N–H and O–H groups in total. The Hall–Kier alpha value is -4.39. The average Bonchev–Trinajstić information content (AvgIpc) is 3.34. The van der Waals surface area contributed by atoms with Crippen LogP contribution in [0.4, 0.5) is 11.5 Å². The zero-order chi connectivity index (χ0) is 28.4. The van der Waals surface area contributed by atoms with E-state index in [1.54, 1.807) is 13.1 Å². The van der Waals surface area contributed by atoms with Crippen LogP contribution in [-0.2, 0) is 9.59 Å². The van der Waals surface area contributed by atoms with E-state index in [4.69, 9.17) is 9.97 Å². The van der Waals surface area contributed by atoms with Gasteiger partial charge in [-0.1, -0.05) is 54.6 Å². The molecule has 4 aromatic rings. The molecule has 1 fully saturated rings. The number of amides is 1. The summed E-state index contributed by atoms with van der Waals surface area (Å²) in [5, 5.41) is 3.01. The Morgan fingerprint density at radius 1 is 0.950 bits per heavy atom. The average molecular weight is 538 g/mol. The van der Waals surface area contributed by atoms with Crippen molar-refractivity contribution in [1.29, 1.82) is 0 Å². The summed E-state index contributed by atoms with van der Waals surface area (Å²) < 4.78 is 0. The van der Waals surface area contributed by atoms with Gasteiger partial charge in [-0.3, -0.25) is 14.6 Å². The Morgan fingerprint density at radius 3 is 2.38 bits per heavy atom. The molecule has 0 aliphatic carbocycles. The van der Waals surface area contributed by atoms with Crippen LogP contribution >= 0.6 is 0 Å². The lowest BCUT2D eigenvalue weighted by Crippen LogP contribution is -2.36. The van der Waals surface area contributed by atoms with Crippen LogP contribution in [0, 0.1) is 33.6 Å². The number of aryl methyl sites for hydroxylation is 3. The van der Waals surface area contributed by atoms with Gasteiger partial charge in [0, 0.05) is 32.5 Å². The minimum absolute atomic E-state index is 0. The fourth-order valence-electron chi connectivity index (χ4n) is 5.70. The summed E-state index contributed by atoms with van der Waals surface area (Å²) in [6.07, 6.45) is 2.62. The highest BCUT2D eigenvalue weighted by molar-refractivity contribution is 5.92. The summed E-state index contributed by atoms with van der Waals surface area (Å²) in [6, 6.07) is 19.8. The van der Waals surface area contributed by atoms with Gasteiger partial charge in [0.2, 0.25) is 5.91 Å². The largest absolute Gasteiger partial charge is 0.346 e. The van der Waals surface area contributed by atoms with Crippen molar-refractivity contribution < 1.29 is 12.4 Å². The molecule has 40 heavy (non-hydrogen) atoms. The monoisotopic (exact) mass is 537 g/mol. The van der Waals surface area contributed by atoms with Crippen molar-refractivity contribution >= 4 is 23.2 Å². The number of hydrogen-bond donors (Lipinski definition) is 1. The molecule has 5 rings (SSSR count). The molecule has 0 saturated carbocycles. The quantitative estimate of drug-likeness (QED) is 0.281. The second-order valence-corrected chi connectivity index (χ2v) is 10.8. The van der Waals surface area contributed by atoms with Gasteiger partial charge < -0.3 is 10.2 Å².